The van der Waals surface area contributed by atoms with Crippen LogP contribution in [0.3, 0.4) is 0 Å². The molecule has 3 heteroatoms. The minimum atomic E-state index is -0.113. The first kappa shape index (κ1) is 14.1. The van der Waals surface area contributed by atoms with Gasteiger partial charge in [-0.1, -0.05) is 30.3 Å². The summed E-state index contributed by atoms with van der Waals surface area (Å²) in [7, 11) is 1.68. The smallest absolute Gasteiger partial charge is 0.127 e. The molecule has 2 aromatic carbocycles. The zero-order valence-electron chi connectivity index (χ0n) is 12.3. The zero-order valence-corrected chi connectivity index (χ0v) is 12.3. The fourth-order valence-corrected chi connectivity index (χ4v) is 3.06. The average Bonchev–Trinajstić information content (AvgIpc) is 2.98. The number of ether oxygens (including phenoxy) is 1. The highest BCUT2D eigenvalue weighted by Gasteiger charge is 2.26. The van der Waals surface area contributed by atoms with Crippen molar-refractivity contribution in [1.82, 2.24) is 4.90 Å². The van der Waals surface area contributed by atoms with Gasteiger partial charge >= 0.3 is 0 Å². The molecule has 1 unspecified atom stereocenters. The van der Waals surface area contributed by atoms with Gasteiger partial charge in [-0.3, -0.25) is 4.90 Å². The second-order valence-corrected chi connectivity index (χ2v) is 5.49. The molecule has 0 N–H and O–H groups in total. The quantitative estimate of drug-likeness (QED) is 0.836. The summed E-state index contributed by atoms with van der Waals surface area (Å²) in [5.41, 5.74) is 2.06. The van der Waals surface area contributed by atoms with Gasteiger partial charge in [-0.15, -0.1) is 0 Å². The lowest BCUT2D eigenvalue weighted by Gasteiger charge is -2.25. The van der Waals surface area contributed by atoms with Crippen LogP contribution in [0.2, 0.25) is 0 Å². The van der Waals surface area contributed by atoms with Crippen molar-refractivity contribution in [2.75, 3.05) is 13.7 Å². The predicted octanol–water partition coefficient (Wildman–Crippen LogP) is 4.17. The van der Waals surface area contributed by atoms with E-state index in [9.17, 15) is 4.39 Å². The van der Waals surface area contributed by atoms with Crippen LogP contribution in [0.5, 0.6) is 5.75 Å². The first-order valence-electron chi connectivity index (χ1n) is 7.39. The average molecular weight is 285 g/mol. The number of benzene rings is 2. The summed E-state index contributed by atoms with van der Waals surface area (Å²) in [4.78, 5) is 2.36. The van der Waals surface area contributed by atoms with Crippen LogP contribution in [-0.4, -0.2) is 18.6 Å². The maximum absolute atomic E-state index is 13.8. The maximum Gasteiger partial charge on any atom is 0.127 e. The van der Waals surface area contributed by atoms with E-state index in [1.807, 2.05) is 24.3 Å². The summed E-state index contributed by atoms with van der Waals surface area (Å²) >= 11 is 0. The van der Waals surface area contributed by atoms with Gasteiger partial charge in [0, 0.05) is 18.2 Å². The van der Waals surface area contributed by atoms with E-state index in [4.69, 9.17) is 4.74 Å². The van der Waals surface area contributed by atoms with E-state index in [1.54, 1.807) is 13.2 Å². The van der Waals surface area contributed by atoms with Crippen LogP contribution in [0.15, 0.2) is 48.5 Å². The summed E-state index contributed by atoms with van der Waals surface area (Å²) in [6, 6.07) is 15.6. The van der Waals surface area contributed by atoms with Gasteiger partial charge in [0.1, 0.15) is 11.6 Å². The van der Waals surface area contributed by atoms with Crippen molar-refractivity contribution in [2.45, 2.75) is 25.4 Å². The van der Waals surface area contributed by atoms with Gasteiger partial charge in [0.25, 0.3) is 0 Å². The topological polar surface area (TPSA) is 12.5 Å². The van der Waals surface area contributed by atoms with Crippen molar-refractivity contribution in [3.63, 3.8) is 0 Å². The third-order valence-electron chi connectivity index (χ3n) is 4.20. The van der Waals surface area contributed by atoms with Gasteiger partial charge in [0.2, 0.25) is 0 Å². The SMILES string of the molecule is COc1ccc(C2CCCN2Cc2ccccc2F)cc1. The van der Waals surface area contributed by atoms with Crippen molar-refractivity contribution in [2.24, 2.45) is 0 Å². The number of methoxy groups -OCH3 is 1. The van der Waals surface area contributed by atoms with Crippen LogP contribution in [0.4, 0.5) is 4.39 Å². The lowest BCUT2D eigenvalue weighted by atomic mass is 10.0. The number of hydrogen-bond acceptors (Lipinski definition) is 2. The normalized spacial score (nSPS) is 18.9. The fraction of sp³-hybridized carbons (Fsp3) is 0.333. The number of halogens is 1. The third-order valence-corrected chi connectivity index (χ3v) is 4.20. The van der Waals surface area contributed by atoms with Crippen molar-refractivity contribution in [3.05, 3.63) is 65.5 Å². The van der Waals surface area contributed by atoms with Crippen LogP contribution in [0, 0.1) is 5.82 Å². The van der Waals surface area contributed by atoms with Crippen LogP contribution in [0.25, 0.3) is 0 Å². The first-order valence-corrected chi connectivity index (χ1v) is 7.39. The summed E-state index contributed by atoms with van der Waals surface area (Å²) in [6.45, 7) is 1.69. The molecule has 3 rings (SSSR count). The summed E-state index contributed by atoms with van der Waals surface area (Å²) in [6.07, 6.45) is 2.28. The Bertz CT molecular complexity index is 596. The fourth-order valence-electron chi connectivity index (χ4n) is 3.06. The van der Waals surface area contributed by atoms with Crippen molar-refractivity contribution >= 4 is 0 Å². The van der Waals surface area contributed by atoms with E-state index in [-0.39, 0.29) is 5.82 Å². The Morgan fingerprint density at radius 2 is 1.90 bits per heavy atom. The van der Waals surface area contributed by atoms with Gasteiger partial charge < -0.3 is 4.74 Å². The van der Waals surface area contributed by atoms with Crippen molar-refractivity contribution < 1.29 is 9.13 Å². The molecule has 1 heterocycles. The number of rotatable bonds is 4. The molecule has 0 amide bonds. The molecule has 1 fully saturated rings. The van der Waals surface area contributed by atoms with E-state index in [0.29, 0.717) is 12.6 Å². The molecule has 0 radical (unpaired) electrons. The summed E-state index contributed by atoms with van der Waals surface area (Å²) in [5.74, 6) is 0.760. The Balaban J connectivity index is 1.77. The molecule has 21 heavy (non-hydrogen) atoms. The van der Waals surface area contributed by atoms with E-state index in [1.165, 1.54) is 11.6 Å². The Morgan fingerprint density at radius 1 is 1.14 bits per heavy atom. The molecule has 2 nitrogen and oxygen atoms in total. The van der Waals surface area contributed by atoms with Crippen LogP contribution in [-0.2, 0) is 6.54 Å². The maximum atomic E-state index is 13.8. The van der Waals surface area contributed by atoms with E-state index >= 15 is 0 Å². The summed E-state index contributed by atoms with van der Waals surface area (Å²) in [5, 5.41) is 0. The molecule has 110 valence electrons. The zero-order chi connectivity index (χ0) is 14.7. The Morgan fingerprint density at radius 3 is 2.62 bits per heavy atom. The molecule has 0 spiro atoms. The highest BCUT2D eigenvalue weighted by Crippen LogP contribution is 2.34. The molecule has 0 aliphatic carbocycles. The van der Waals surface area contributed by atoms with Crippen LogP contribution in [0.1, 0.15) is 30.0 Å². The minimum Gasteiger partial charge on any atom is -0.497 e. The number of likely N-dealkylation sites (tertiary alicyclic amines) is 1. The molecular formula is C18H20FNO. The monoisotopic (exact) mass is 285 g/mol. The van der Waals surface area contributed by atoms with Gasteiger partial charge in [0.15, 0.2) is 0 Å². The van der Waals surface area contributed by atoms with Crippen molar-refractivity contribution in [1.29, 1.82) is 0 Å². The Kier molecular flexibility index (Phi) is 4.20. The standard InChI is InChI=1S/C18H20FNO/c1-21-16-10-8-14(9-11-16)18-7-4-12-20(18)13-15-5-2-3-6-17(15)19/h2-3,5-6,8-11,18H,4,7,12-13H2,1H3. The molecular weight excluding hydrogens is 265 g/mol. The highest BCUT2D eigenvalue weighted by molar-refractivity contribution is 5.30. The molecule has 1 aliphatic heterocycles. The van der Waals surface area contributed by atoms with E-state index < -0.39 is 0 Å². The number of nitrogens with zero attached hydrogens (tertiary/aromatic N) is 1. The molecule has 0 saturated carbocycles. The van der Waals surface area contributed by atoms with E-state index in [2.05, 4.69) is 17.0 Å². The van der Waals surface area contributed by atoms with Gasteiger partial charge in [-0.05, 0) is 43.1 Å². The lowest BCUT2D eigenvalue weighted by Crippen LogP contribution is -2.23. The van der Waals surface area contributed by atoms with Crippen LogP contribution < -0.4 is 4.74 Å². The largest absolute Gasteiger partial charge is 0.497 e. The highest BCUT2D eigenvalue weighted by atomic mass is 19.1. The van der Waals surface area contributed by atoms with Crippen LogP contribution >= 0.6 is 0 Å². The number of hydrogen-bond donors (Lipinski definition) is 0. The Hall–Kier alpha value is -1.87. The molecule has 1 atom stereocenters. The van der Waals surface area contributed by atoms with E-state index in [0.717, 1.165) is 30.7 Å². The summed E-state index contributed by atoms with van der Waals surface area (Å²) < 4.78 is 19.0. The molecule has 2 aromatic rings. The second-order valence-electron chi connectivity index (χ2n) is 5.49. The van der Waals surface area contributed by atoms with Gasteiger partial charge in [-0.2, -0.15) is 0 Å². The second kappa shape index (κ2) is 6.27. The lowest BCUT2D eigenvalue weighted by molar-refractivity contribution is 0.245. The molecule has 1 aliphatic rings. The van der Waals surface area contributed by atoms with Crippen molar-refractivity contribution in [3.8, 4) is 5.75 Å². The molecule has 1 saturated heterocycles. The van der Waals surface area contributed by atoms with Gasteiger partial charge in [0.05, 0.1) is 7.11 Å². The molecule has 0 aromatic heterocycles. The minimum absolute atomic E-state index is 0.113. The molecule has 0 bridgehead atoms. The van der Waals surface area contributed by atoms with Gasteiger partial charge in [-0.25, -0.2) is 4.39 Å². The predicted molar refractivity (Wildman–Crippen MR) is 81.8 cm³/mol. The Labute approximate surface area is 125 Å². The first-order chi connectivity index (χ1) is 10.3. The third kappa shape index (κ3) is 3.08.